The molecule has 2 N–H and O–H groups in total. The van der Waals surface area contributed by atoms with Gasteiger partial charge in [-0.3, -0.25) is 0 Å². The third-order valence-corrected chi connectivity index (χ3v) is 2.14. The first-order chi connectivity index (χ1) is 6.09. The maximum atomic E-state index is 5.79. The Morgan fingerprint density at radius 3 is 2.62 bits per heavy atom. The lowest BCUT2D eigenvalue weighted by Crippen LogP contribution is -2.23. The molecule has 0 aromatic heterocycles. The van der Waals surface area contributed by atoms with Crippen molar-refractivity contribution in [2.45, 2.75) is 13.0 Å². The summed E-state index contributed by atoms with van der Waals surface area (Å²) in [6.07, 6.45) is 0. The average molecular weight is 220 g/mol. The Balaban J connectivity index is 2.63. The van der Waals surface area contributed by atoms with Crippen LogP contribution in [0.2, 0.25) is 10.0 Å². The standard InChI is InChI=1S/C9H11Cl2NO/c1-6(12)5-13-7-2-3-8(10)9(11)4-7/h2-4,6H,5,12H2,1H3/t6-/m0/s1. The predicted octanol–water partition coefficient (Wildman–Crippen LogP) is 2.72. The number of ether oxygens (including phenoxy) is 1. The molecule has 0 fully saturated rings. The molecule has 2 nitrogen and oxygen atoms in total. The quantitative estimate of drug-likeness (QED) is 0.849. The molecular weight excluding hydrogens is 209 g/mol. The van der Waals surface area contributed by atoms with E-state index in [2.05, 4.69) is 0 Å². The van der Waals surface area contributed by atoms with E-state index in [9.17, 15) is 0 Å². The number of benzene rings is 1. The summed E-state index contributed by atoms with van der Waals surface area (Å²) in [6, 6.07) is 5.14. The highest BCUT2D eigenvalue weighted by molar-refractivity contribution is 6.42. The van der Waals surface area contributed by atoms with Gasteiger partial charge in [0.1, 0.15) is 12.4 Å². The number of nitrogens with two attached hydrogens (primary N) is 1. The van der Waals surface area contributed by atoms with Gasteiger partial charge in [0.15, 0.2) is 0 Å². The fraction of sp³-hybridized carbons (Fsp3) is 0.333. The molecule has 0 aliphatic carbocycles. The average Bonchev–Trinajstić information content (AvgIpc) is 2.07. The largest absolute Gasteiger partial charge is 0.492 e. The van der Waals surface area contributed by atoms with Crippen molar-refractivity contribution >= 4 is 23.2 Å². The van der Waals surface area contributed by atoms with Gasteiger partial charge in [-0.1, -0.05) is 23.2 Å². The minimum atomic E-state index is 0.00875. The molecule has 1 rings (SSSR count). The molecule has 1 aromatic carbocycles. The van der Waals surface area contributed by atoms with Gasteiger partial charge in [0.05, 0.1) is 10.0 Å². The van der Waals surface area contributed by atoms with Gasteiger partial charge in [-0.25, -0.2) is 0 Å². The van der Waals surface area contributed by atoms with Crippen LogP contribution >= 0.6 is 23.2 Å². The predicted molar refractivity (Wildman–Crippen MR) is 55.6 cm³/mol. The van der Waals surface area contributed by atoms with E-state index in [1.54, 1.807) is 18.2 Å². The highest BCUT2D eigenvalue weighted by atomic mass is 35.5. The minimum absolute atomic E-state index is 0.00875. The molecule has 0 bridgehead atoms. The van der Waals surface area contributed by atoms with Crippen molar-refractivity contribution in [3.63, 3.8) is 0 Å². The van der Waals surface area contributed by atoms with Gasteiger partial charge in [0.25, 0.3) is 0 Å². The first-order valence-electron chi connectivity index (χ1n) is 3.93. The molecule has 1 atom stereocenters. The Kier molecular flexibility index (Phi) is 3.85. The van der Waals surface area contributed by atoms with Crippen molar-refractivity contribution in [3.05, 3.63) is 28.2 Å². The summed E-state index contributed by atoms with van der Waals surface area (Å²) < 4.78 is 5.34. The number of hydrogen-bond acceptors (Lipinski definition) is 2. The van der Waals surface area contributed by atoms with Crippen LogP contribution in [-0.2, 0) is 0 Å². The highest BCUT2D eigenvalue weighted by Crippen LogP contribution is 2.26. The first kappa shape index (κ1) is 10.6. The topological polar surface area (TPSA) is 35.2 Å². The van der Waals surface area contributed by atoms with Crippen LogP contribution in [-0.4, -0.2) is 12.6 Å². The molecule has 4 heteroatoms. The van der Waals surface area contributed by atoms with Gasteiger partial charge in [-0.15, -0.1) is 0 Å². The fourth-order valence-electron chi connectivity index (χ4n) is 0.794. The zero-order chi connectivity index (χ0) is 9.84. The molecular formula is C9H11Cl2NO. The second-order valence-corrected chi connectivity index (χ2v) is 3.68. The molecule has 0 aliphatic rings. The Labute approximate surface area is 87.6 Å². The summed E-state index contributed by atoms with van der Waals surface area (Å²) in [5.41, 5.74) is 5.52. The maximum absolute atomic E-state index is 5.79. The van der Waals surface area contributed by atoms with Crippen molar-refractivity contribution < 1.29 is 4.74 Å². The Hall–Kier alpha value is -0.440. The molecule has 13 heavy (non-hydrogen) atoms. The number of rotatable bonds is 3. The summed E-state index contributed by atoms with van der Waals surface area (Å²) in [6.45, 7) is 2.34. The van der Waals surface area contributed by atoms with E-state index >= 15 is 0 Å². The Morgan fingerprint density at radius 1 is 1.38 bits per heavy atom. The van der Waals surface area contributed by atoms with E-state index < -0.39 is 0 Å². The summed E-state index contributed by atoms with van der Waals surface area (Å²) in [7, 11) is 0. The zero-order valence-corrected chi connectivity index (χ0v) is 8.77. The van der Waals surface area contributed by atoms with Crippen LogP contribution in [0.25, 0.3) is 0 Å². The molecule has 0 saturated carbocycles. The highest BCUT2D eigenvalue weighted by Gasteiger charge is 2.01. The van der Waals surface area contributed by atoms with Crippen LogP contribution in [0.3, 0.4) is 0 Å². The van der Waals surface area contributed by atoms with E-state index in [4.69, 9.17) is 33.7 Å². The van der Waals surface area contributed by atoms with Gasteiger partial charge in [-0.2, -0.15) is 0 Å². The van der Waals surface area contributed by atoms with Crippen LogP contribution in [0.1, 0.15) is 6.92 Å². The van der Waals surface area contributed by atoms with Gasteiger partial charge < -0.3 is 10.5 Å². The molecule has 0 amide bonds. The smallest absolute Gasteiger partial charge is 0.120 e. The monoisotopic (exact) mass is 219 g/mol. The molecule has 0 aliphatic heterocycles. The third-order valence-electron chi connectivity index (χ3n) is 1.40. The van der Waals surface area contributed by atoms with Crippen LogP contribution in [0, 0.1) is 0 Å². The third kappa shape index (κ3) is 3.43. The van der Waals surface area contributed by atoms with Crippen LogP contribution in [0.15, 0.2) is 18.2 Å². The second-order valence-electron chi connectivity index (χ2n) is 2.86. The molecule has 0 spiro atoms. The maximum Gasteiger partial charge on any atom is 0.120 e. The van der Waals surface area contributed by atoms with Crippen LogP contribution in [0.5, 0.6) is 5.75 Å². The lowest BCUT2D eigenvalue weighted by molar-refractivity contribution is 0.296. The van der Waals surface area contributed by atoms with Crippen molar-refractivity contribution in [2.24, 2.45) is 5.73 Å². The molecule has 0 radical (unpaired) electrons. The van der Waals surface area contributed by atoms with E-state index in [-0.39, 0.29) is 6.04 Å². The van der Waals surface area contributed by atoms with Gasteiger partial charge in [0, 0.05) is 12.1 Å². The van der Waals surface area contributed by atoms with Gasteiger partial charge in [0.2, 0.25) is 0 Å². The molecule has 1 aromatic rings. The molecule has 0 saturated heterocycles. The van der Waals surface area contributed by atoms with E-state index in [0.717, 1.165) is 0 Å². The first-order valence-corrected chi connectivity index (χ1v) is 4.68. The minimum Gasteiger partial charge on any atom is -0.492 e. The van der Waals surface area contributed by atoms with Crippen molar-refractivity contribution in [1.82, 2.24) is 0 Å². The molecule has 0 unspecified atom stereocenters. The summed E-state index contributed by atoms with van der Waals surface area (Å²) in [5.74, 6) is 0.687. The fourth-order valence-corrected chi connectivity index (χ4v) is 1.08. The SMILES string of the molecule is C[C@H](N)COc1ccc(Cl)c(Cl)c1. The van der Waals surface area contributed by atoms with Crippen LogP contribution < -0.4 is 10.5 Å². The second kappa shape index (κ2) is 4.70. The van der Waals surface area contributed by atoms with E-state index in [1.807, 2.05) is 6.92 Å². The van der Waals surface area contributed by atoms with Crippen molar-refractivity contribution in [2.75, 3.05) is 6.61 Å². The van der Waals surface area contributed by atoms with E-state index in [1.165, 1.54) is 0 Å². The van der Waals surface area contributed by atoms with Crippen molar-refractivity contribution in [3.8, 4) is 5.75 Å². The zero-order valence-electron chi connectivity index (χ0n) is 7.26. The van der Waals surface area contributed by atoms with Crippen LogP contribution in [0.4, 0.5) is 0 Å². The summed E-state index contributed by atoms with van der Waals surface area (Å²) in [5, 5.41) is 1.01. The number of halogens is 2. The number of hydrogen-bond donors (Lipinski definition) is 1. The lowest BCUT2D eigenvalue weighted by Gasteiger charge is -2.08. The van der Waals surface area contributed by atoms with Gasteiger partial charge in [-0.05, 0) is 19.1 Å². The normalized spacial score (nSPS) is 12.6. The molecule has 72 valence electrons. The Bertz CT molecular complexity index is 289. The van der Waals surface area contributed by atoms with E-state index in [0.29, 0.717) is 22.4 Å². The lowest BCUT2D eigenvalue weighted by atomic mass is 10.3. The Morgan fingerprint density at radius 2 is 2.08 bits per heavy atom. The summed E-state index contributed by atoms with van der Waals surface area (Å²) in [4.78, 5) is 0. The summed E-state index contributed by atoms with van der Waals surface area (Å²) >= 11 is 11.5. The molecule has 0 heterocycles. The van der Waals surface area contributed by atoms with Crippen molar-refractivity contribution in [1.29, 1.82) is 0 Å². The van der Waals surface area contributed by atoms with Gasteiger partial charge >= 0.3 is 0 Å².